The Hall–Kier alpha value is -1.76. The number of aromatic amines is 1. The number of H-pyrrole nitrogens is 1. The predicted octanol–water partition coefficient (Wildman–Crippen LogP) is 0.808. The molecule has 0 saturated carbocycles. The maximum Gasteiger partial charge on any atom is 0.265 e. The predicted molar refractivity (Wildman–Crippen MR) is 59.1 cm³/mol. The minimum absolute atomic E-state index is 0.145. The van der Waals surface area contributed by atoms with Crippen LogP contribution in [-0.2, 0) is 6.54 Å². The Balaban J connectivity index is 1.99. The van der Waals surface area contributed by atoms with E-state index >= 15 is 0 Å². The maximum atomic E-state index is 11.7. The highest BCUT2D eigenvalue weighted by molar-refractivity contribution is 7.07. The smallest absolute Gasteiger partial charge is 0.265 e. The summed E-state index contributed by atoms with van der Waals surface area (Å²) < 4.78 is 3.72. The van der Waals surface area contributed by atoms with E-state index in [2.05, 4.69) is 25.1 Å². The van der Waals surface area contributed by atoms with Crippen molar-refractivity contribution in [3.63, 3.8) is 0 Å². The highest BCUT2D eigenvalue weighted by Gasteiger charge is 2.13. The number of rotatable bonds is 3. The number of aryl methyl sites for hydroxylation is 2. The van der Waals surface area contributed by atoms with Gasteiger partial charge in [-0.3, -0.25) is 9.89 Å². The van der Waals surface area contributed by atoms with Crippen molar-refractivity contribution >= 4 is 17.4 Å². The standard InChI is InChI=1S/C9H11N5OS/c1-5-7(4-11-12-5)3-10-9(15)8-6(2)13-14-16-8/h4H,3H2,1-2H3,(H,10,15)(H,11,12). The number of carbonyl (C=O) groups excluding carboxylic acids is 1. The van der Waals surface area contributed by atoms with Gasteiger partial charge in [-0.05, 0) is 25.4 Å². The largest absolute Gasteiger partial charge is 0.347 e. The van der Waals surface area contributed by atoms with Gasteiger partial charge < -0.3 is 5.32 Å². The summed E-state index contributed by atoms with van der Waals surface area (Å²) in [6.45, 7) is 4.13. The molecule has 0 fully saturated rings. The topological polar surface area (TPSA) is 83.6 Å². The van der Waals surface area contributed by atoms with Gasteiger partial charge in [0, 0.05) is 17.8 Å². The van der Waals surface area contributed by atoms with Gasteiger partial charge in [-0.2, -0.15) is 5.10 Å². The van der Waals surface area contributed by atoms with Gasteiger partial charge in [-0.1, -0.05) is 4.49 Å². The summed E-state index contributed by atoms with van der Waals surface area (Å²) >= 11 is 1.10. The molecule has 0 aliphatic carbocycles. The molecule has 0 unspecified atom stereocenters. The van der Waals surface area contributed by atoms with Crippen LogP contribution in [0.1, 0.15) is 26.6 Å². The molecule has 0 saturated heterocycles. The van der Waals surface area contributed by atoms with Crippen LogP contribution in [0.3, 0.4) is 0 Å². The summed E-state index contributed by atoms with van der Waals surface area (Å²) in [5, 5.41) is 13.3. The zero-order valence-corrected chi connectivity index (χ0v) is 9.76. The molecule has 2 heterocycles. The molecule has 6 nitrogen and oxygen atoms in total. The molecule has 0 spiro atoms. The fraction of sp³-hybridized carbons (Fsp3) is 0.333. The lowest BCUT2D eigenvalue weighted by atomic mass is 10.2. The molecule has 0 bridgehead atoms. The Morgan fingerprint density at radius 2 is 2.38 bits per heavy atom. The molecule has 2 aromatic rings. The summed E-state index contributed by atoms with van der Waals surface area (Å²) in [7, 11) is 0. The molecule has 0 atom stereocenters. The zero-order chi connectivity index (χ0) is 11.5. The second-order valence-electron chi connectivity index (χ2n) is 3.39. The van der Waals surface area contributed by atoms with Crippen LogP contribution >= 0.6 is 11.5 Å². The first kappa shape index (κ1) is 10.7. The molecule has 1 amide bonds. The van der Waals surface area contributed by atoms with Crippen molar-refractivity contribution in [3.05, 3.63) is 28.0 Å². The van der Waals surface area contributed by atoms with Gasteiger partial charge >= 0.3 is 0 Å². The summed E-state index contributed by atoms with van der Waals surface area (Å²) in [6, 6.07) is 0. The summed E-state index contributed by atoms with van der Waals surface area (Å²) in [6.07, 6.45) is 1.70. The first-order valence-electron chi connectivity index (χ1n) is 4.74. The molecule has 0 aliphatic rings. The van der Waals surface area contributed by atoms with Crippen LogP contribution < -0.4 is 5.32 Å². The maximum absolute atomic E-state index is 11.7. The summed E-state index contributed by atoms with van der Waals surface area (Å²) in [5.74, 6) is -0.145. The molecule has 7 heteroatoms. The Labute approximate surface area is 96.2 Å². The number of hydrogen-bond donors (Lipinski definition) is 2. The third-order valence-corrected chi connectivity index (χ3v) is 3.06. The highest BCUT2D eigenvalue weighted by atomic mass is 32.1. The average molecular weight is 237 g/mol. The van der Waals surface area contributed by atoms with E-state index in [0.29, 0.717) is 17.1 Å². The first-order chi connectivity index (χ1) is 7.68. The monoisotopic (exact) mass is 237 g/mol. The molecule has 0 radical (unpaired) electrons. The second-order valence-corrected chi connectivity index (χ2v) is 4.14. The van der Waals surface area contributed by atoms with E-state index in [-0.39, 0.29) is 5.91 Å². The normalized spacial score (nSPS) is 10.4. The van der Waals surface area contributed by atoms with E-state index < -0.39 is 0 Å². The molecule has 0 aliphatic heterocycles. The minimum atomic E-state index is -0.145. The number of nitrogens with one attached hydrogen (secondary N) is 2. The molecule has 2 aromatic heterocycles. The van der Waals surface area contributed by atoms with Gasteiger partial charge in [0.2, 0.25) is 0 Å². The Bertz CT molecular complexity index is 503. The Kier molecular flexibility index (Phi) is 2.95. The van der Waals surface area contributed by atoms with Gasteiger partial charge in [-0.25, -0.2) is 0 Å². The Morgan fingerprint density at radius 3 is 2.94 bits per heavy atom. The molecule has 2 rings (SSSR count). The van der Waals surface area contributed by atoms with Gasteiger partial charge in [0.05, 0.1) is 11.9 Å². The summed E-state index contributed by atoms with van der Waals surface area (Å²) in [5.41, 5.74) is 2.59. The van der Waals surface area contributed by atoms with Crippen molar-refractivity contribution in [1.29, 1.82) is 0 Å². The SMILES string of the molecule is Cc1nnsc1C(=O)NCc1cn[nH]c1C. The zero-order valence-electron chi connectivity index (χ0n) is 8.94. The minimum Gasteiger partial charge on any atom is -0.347 e. The number of aromatic nitrogens is 4. The highest BCUT2D eigenvalue weighted by Crippen LogP contribution is 2.09. The van der Waals surface area contributed by atoms with Crippen molar-refractivity contribution in [2.75, 3.05) is 0 Å². The number of nitrogens with zero attached hydrogens (tertiary/aromatic N) is 3. The van der Waals surface area contributed by atoms with Crippen molar-refractivity contribution in [2.24, 2.45) is 0 Å². The van der Waals surface area contributed by atoms with E-state index in [0.717, 1.165) is 22.8 Å². The number of carbonyl (C=O) groups is 1. The lowest BCUT2D eigenvalue weighted by Gasteiger charge is -2.02. The third kappa shape index (κ3) is 2.08. The van der Waals surface area contributed by atoms with Crippen LogP contribution in [-0.4, -0.2) is 25.7 Å². The van der Waals surface area contributed by atoms with Crippen LogP contribution in [0.5, 0.6) is 0 Å². The van der Waals surface area contributed by atoms with E-state index in [1.807, 2.05) is 6.92 Å². The van der Waals surface area contributed by atoms with Crippen molar-refractivity contribution in [3.8, 4) is 0 Å². The van der Waals surface area contributed by atoms with Crippen LogP contribution in [0, 0.1) is 13.8 Å². The fourth-order valence-electron chi connectivity index (χ4n) is 1.25. The molecular weight excluding hydrogens is 226 g/mol. The van der Waals surface area contributed by atoms with E-state index in [9.17, 15) is 4.79 Å². The summed E-state index contributed by atoms with van der Waals surface area (Å²) in [4.78, 5) is 12.3. The van der Waals surface area contributed by atoms with Gasteiger partial charge in [0.15, 0.2) is 0 Å². The fourth-order valence-corrected chi connectivity index (χ4v) is 1.82. The average Bonchev–Trinajstić information content (AvgIpc) is 2.84. The van der Waals surface area contributed by atoms with Crippen LogP contribution in [0.25, 0.3) is 0 Å². The van der Waals surface area contributed by atoms with Crippen LogP contribution in [0.4, 0.5) is 0 Å². The van der Waals surface area contributed by atoms with Crippen molar-refractivity contribution in [1.82, 2.24) is 25.1 Å². The second kappa shape index (κ2) is 4.40. The van der Waals surface area contributed by atoms with Crippen LogP contribution in [0.2, 0.25) is 0 Å². The van der Waals surface area contributed by atoms with Crippen molar-refractivity contribution in [2.45, 2.75) is 20.4 Å². The van der Waals surface area contributed by atoms with E-state index in [1.165, 1.54) is 0 Å². The lowest BCUT2D eigenvalue weighted by Crippen LogP contribution is -2.22. The van der Waals surface area contributed by atoms with Gasteiger partial charge in [-0.15, -0.1) is 5.10 Å². The molecule has 84 valence electrons. The number of amides is 1. The van der Waals surface area contributed by atoms with Gasteiger partial charge in [0.25, 0.3) is 5.91 Å². The third-order valence-electron chi connectivity index (χ3n) is 2.23. The van der Waals surface area contributed by atoms with Crippen LogP contribution in [0.15, 0.2) is 6.20 Å². The van der Waals surface area contributed by atoms with E-state index in [1.54, 1.807) is 13.1 Å². The quantitative estimate of drug-likeness (QED) is 0.827. The first-order valence-corrected chi connectivity index (χ1v) is 5.52. The molecule has 0 aromatic carbocycles. The lowest BCUT2D eigenvalue weighted by molar-refractivity contribution is 0.0954. The van der Waals surface area contributed by atoms with Crippen molar-refractivity contribution < 1.29 is 4.79 Å². The molecule has 2 N–H and O–H groups in total. The molecule has 16 heavy (non-hydrogen) atoms. The van der Waals surface area contributed by atoms with E-state index in [4.69, 9.17) is 0 Å². The van der Waals surface area contributed by atoms with Gasteiger partial charge in [0.1, 0.15) is 4.88 Å². The molecular formula is C9H11N5OS. The Morgan fingerprint density at radius 1 is 1.56 bits per heavy atom. The number of hydrogen-bond acceptors (Lipinski definition) is 5.